The smallest absolute Gasteiger partial charge is 0.296 e. The summed E-state index contributed by atoms with van der Waals surface area (Å²) in [5.41, 5.74) is 2.71. The highest BCUT2D eigenvalue weighted by Gasteiger charge is 2.27. The average molecular weight is 285 g/mol. The number of anilines is 1. The number of fused-ring (bicyclic) bond motifs is 1. The Labute approximate surface area is 118 Å². The molecule has 1 aliphatic rings. The van der Waals surface area contributed by atoms with Gasteiger partial charge in [-0.2, -0.15) is 0 Å². The molecule has 1 heterocycles. The maximum Gasteiger partial charge on any atom is 0.296 e. The van der Waals surface area contributed by atoms with Gasteiger partial charge in [0.2, 0.25) is 0 Å². The first-order valence-electron chi connectivity index (χ1n) is 6.00. The molecule has 1 atom stereocenters. The highest BCUT2D eigenvalue weighted by atomic mass is 32.2. The predicted molar refractivity (Wildman–Crippen MR) is 77.2 cm³/mol. The Balaban J connectivity index is 2.02. The van der Waals surface area contributed by atoms with Crippen molar-refractivity contribution in [1.29, 1.82) is 0 Å². The minimum atomic E-state index is -1.01. The Morgan fingerprint density at radius 1 is 0.950 bits per heavy atom. The summed E-state index contributed by atoms with van der Waals surface area (Å²) >= 11 is 0. The molecule has 0 saturated heterocycles. The highest BCUT2D eigenvalue weighted by molar-refractivity contribution is 7.84. The molecule has 2 aromatic carbocycles. The van der Waals surface area contributed by atoms with Gasteiger partial charge in [0.1, 0.15) is 0 Å². The summed E-state index contributed by atoms with van der Waals surface area (Å²) in [5, 5.41) is 2.52. The molecule has 0 aromatic heterocycles. The summed E-state index contributed by atoms with van der Waals surface area (Å²) < 4.78 is 11.3. The molecule has 0 spiro atoms. The summed E-state index contributed by atoms with van der Waals surface area (Å²) in [6.07, 6.45) is 1.63. The van der Waals surface area contributed by atoms with Crippen LogP contribution < -0.4 is 5.32 Å². The van der Waals surface area contributed by atoms with Crippen molar-refractivity contribution in [2.24, 2.45) is 0 Å². The van der Waals surface area contributed by atoms with Gasteiger partial charge in [0.25, 0.3) is 11.7 Å². The molecule has 0 saturated carbocycles. The van der Waals surface area contributed by atoms with E-state index in [1.807, 2.05) is 18.2 Å². The topological polar surface area (TPSA) is 63.2 Å². The number of amides is 1. The molecule has 0 unspecified atom stereocenters. The van der Waals surface area contributed by atoms with Gasteiger partial charge in [-0.25, -0.2) is 0 Å². The van der Waals surface area contributed by atoms with Gasteiger partial charge in [-0.15, -0.1) is 0 Å². The first-order chi connectivity index (χ1) is 9.56. The number of carbonyl (C=O) groups excluding carboxylic acids is 2. The van der Waals surface area contributed by atoms with Crippen LogP contribution in [-0.2, 0) is 15.6 Å². The largest absolute Gasteiger partial charge is 0.318 e. The van der Waals surface area contributed by atoms with Crippen LogP contribution in [0.1, 0.15) is 10.4 Å². The third kappa shape index (κ3) is 2.06. The van der Waals surface area contributed by atoms with Crippen LogP contribution in [0.15, 0.2) is 47.4 Å². The number of hydrogen-bond donors (Lipinski definition) is 1. The average Bonchev–Trinajstić information content (AvgIpc) is 2.74. The Morgan fingerprint density at radius 2 is 1.60 bits per heavy atom. The molecule has 1 aliphatic heterocycles. The molecular weight excluding hydrogens is 274 g/mol. The molecule has 100 valence electrons. The minimum Gasteiger partial charge on any atom is -0.318 e. The van der Waals surface area contributed by atoms with Crippen molar-refractivity contribution in [1.82, 2.24) is 0 Å². The van der Waals surface area contributed by atoms with Crippen LogP contribution in [0.4, 0.5) is 5.69 Å². The van der Waals surface area contributed by atoms with Crippen LogP contribution in [0.3, 0.4) is 0 Å². The Bertz CT molecular complexity index is 750. The van der Waals surface area contributed by atoms with E-state index in [1.54, 1.807) is 30.5 Å². The van der Waals surface area contributed by atoms with E-state index >= 15 is 0 Å². The van der Waals surface area contributed by atoms with E-state index in [0.29, 0.717) is 11.3 Å². The van der Waals surface area contributed by atoms with Crippen LogP contribution in [-0.4, -0.2) is 22.2 Å². The predicted octanol–water partition coefficient (Wildman–Crippen LogP) is 2.23. The maximum atomic E-state index is 11.7. The van der Waals surface area contributed by atoms with Crippen LogP contribution in [0.5, 0.6) is 0 Å². The molecule has 0 fully saturated rings. The highest BCUT2D eigenvalue weighted by Crippen LogP contribution is 2.29. The van der Waals surface area contributed by atoms with E-state index in [0.717, 1.165) is 16.0 Å². The maximum absolute atomic E-state index is 11.7. The normalized spacial score (nSPS) is 14.8. The van der Waals surface area contributed by atoms with Crippen molar-refractivity contribution in [3.05, 3.63) is 48.0 Å². The first-order valence-corrected chi connectivity index (χ1v) is 7.55. The molecule has 0 bridgehead atoms. The summed E-state index contributed by atoms with van der Waals surface area (Å²) in [6.45, 7) is 0. The molecular formula is C15H11NO3S. The fourth-order valence-electron chi connectivity index (χ4n) is 2.16. The summed E-state index contributed by atoms with van der Waals surface area (Å²) in [4.78, 5) is 23.7. The number of benzene rings is 2. The van der Waals surface area contributed by atoms with Gasteiger partial charge in [-0.3, -0.25) is 13.8 Å². The summed E-state index contributed by atoms with van der Waals surface area (Å²) in [6, 6.07) is 12.6. The second-order valence-electron chi connectivity index (χ2n) is 4.52. The van der Waals surface area contributed by atoms with Gasteiger partial charge >= 0.3 is 0 Å². The van der Waals surface area contributed by atoms with Gasteiger partial charge < -0.3 is 5.32 Å². The molecule has 20 heavy (non-hydrogen) atoms. The van der Waals surface area contributed by atoms with Gasteiger partial charge in [0, 0.05) is 22.0 Å². The monoisotopic (exact) mass is 285 g/mol. The molecule has 1 amide bonds. The lowest BCUT2D eigenvalue weighted by Crippen LogP contribution is -2.12. The molecule has 4 nitrogen and oxygen atoms in total. The third-order valence-corrected chi connectivity index (χ3v) is 4.17. The number of rotatable bonds is 2. The van der Waals surface area contributed by atoms with Crippen molar-refractivity contribution >= 4 is 28.2 Å². The van der Waals surface area contributed by atoms with E-state index in [4.69, 9.17) is 0 Å². The van der Waals surface area contributed by atoms with Crippen molar-refractivity contribution < 1.29 is 13.8 Å². The van der Waals surface area contributed by atoms with Crippen molar-refractivity contribution in [2.45, 2.75) is 4.90 Å². The van der Waals surface area contributed by atoms with Crippen LogP contribution in [0.2, 0.25) is 0 Å². The Morgan fingerprint density at radius 3 is 2.25 bits per heavy atom. The Kier molecular flexibility index (Phi) is 2.99. The standard InChI is InChI=1S/C15H11NO3S/c1-20(19)11-5-2-9(3-6-11)10-4-7-13-12(8-10)14(17)15(18)16-13/h2-8H,1H3,(H,16,17,18)/t20-/m1/s1. The van der Waals surface area contributed by atoms with Gasteiger partial charge in [-0.05, 0) is 35.4 Å². The fourth-order valence-corrected chi connectivity index (χ4v) is 2.68. The van der Waals surface area contributed by atoms with Gasteiger partial charge in [0.15, 0.2) is 0 Å². The molecule has 2 aromatic rings. The number of ketones is 1. The van der Waals surface area contributed by atoms with E-state index in [9.17, 15) is 13.8 Å². The second-order valence-corrected chi connectivity index (χ2v) is 5.90. The van der Waals surface area contributed by atoms with Gasteiger partial charge in [-0.1, -0.05) is 18.2 Å². The summed E-state index contributed by atoms with van der Waals surface area (Å²) in [5.74, 6) is -1.10. The quantitative estimate of drug-likeness (QED) is 0.861. The lowest BCUT2D eigenvalue weighted by atomic mass is 10.0. The van der Waals surface area contributed by atoms with E-state index in [2.05, 4.69) is 5.32 Å². The molecule has 0 aliphatic carbocycles. The van der Waals surface area contributed by atoms with E-state index in [-0.39, 0.29) is 0 Å². The molecule has 0 radical (unpaired) electrons. The lowest BCUT2D eigenvalue weighted by molar-refractivity contribution is -0.112. The Hall–Kier alpha value is -2.27. The zero-order valence-electron chi connectivity index (χ0n) is 10.7. The first kappa shape index (κ1) is 12.7. The zero-order valence-corrected chi connectivity index (χ0v) is 11.5. The van der Waals surface area contributed by atoms with Crippen molar-refractivity contribution in [3.8, 4) is 11.1 Å². The fraction of sp³-hybridized carbons (Fsp3) is 0.0667. The van der Waals surface area contributed by atoms with Crippen molar-refractivity contribution in [2.75, 3.05) is 11.6 Å². The number of Topliss-reactive ketones (excluding diaryl/α,β-unsaturated/α-hetero) is 1. The zero-order chi connectivity index (χ0) is 14.3. The molecule has 5 heteroatoms. The summed E-state index contributed by atoms with van der Waals surface area (Å²) in [7, 11) is -1.01. The van der Waals surface area contributed by atoms with Crippen LogP contribution in [0.25, 0.3) is 11.1 Å². The number of nitrogens with one attached hydrogen (secondary N) is 1. The SMILES string of the molecule is C[S@@](=O)c1ccc(-c2ccc3c(c2)C(=O)C(=O)N3)cc1. The second kappa shape index (κ2) is 4.68. The number of hydrogen-bond acceptors (Lipinski definition) is 3. The molecule has 3 rings (SSSR count). The van der Waals surface area contributed by atoms with Crippen LogP contribution >= 0.6 is 0 Å². The lowest BCUT2D eigenvalue weighted by Gasteiger charge is -2.05. The van der Waals surface area contributed by atoms with E-state index in [1.165, 1.54) is 0 Å². The minimum absolute atomic E-state index is 0.399. The molecule has 1 N–H and O–H groups in total. The van der Waals surface area contributed by atoms with E-state index < -0.39 is 22.5 Å². The van der Waals surface area contributed by atoms with Crippen molar-refractivity contribution in [3.63, 3.8) is 0 Å². The number of carbonyl (C=O) groups is 2. The van der Waals surface area contributed by atoms with Gasteiger partial charge in [0.05, 0.1) is 11.3 Å². The third-order valence-electron chi connectivity index (χ3n) is 3.24. The van der Waals surface area contributed by atoms with Crippen LogP contribution in [0, 0.1) is 0 Å².